The van der Waals surface area contributed by atoms with E-state index in [0.717, 1.165) is 12.1 Å². The average molecular weight is 277 g/mol. The van der Waals surface area contributed by atoms with Crippen molar-refractivity contribution < 1.29 is 14.3 Å². The van der Waals surface area contributed by atoms with Crippen LogP contribution in [0.2, 0.25) is 0 Å². The highest BCUT2D eigenvalue weighted by Crippen LogP contribution is 2.16. The molecule has 20 heavy (non-hydrogen) atoms. The van der Waals surface area contributed by atoms with Gasteiger partial charge in [-0.05, 0) is 11.6 Å². The quantitative estimate of drug-likeness (QED) is 0.708. The molecule has 0 aromatic heterocycles. The number of hydrogen-bond acceptors (Lipinski definition) is 4. The first-order valence-electron chi connectivity index (χ1n) is 6.63. The van der Waals surface area contributed by atoms with Crippen molar-refractivity contribution in [2.75, 3.05) is 25.0 Å². The van der Waals surface area contributed by atoms with Crippen molar-refractivity contribution in [3.63, 3.8) is 0 Å². The molecular weight excluding hydrogens is 258 g/mol. The Morgan fingerprint density at radius 2 is 2.20 bits per heavy atom. The Morgan fingerprint density at radius 1 is 1.40 bits per heavy atom. The Hall–Kier alpha value is -1.92. The summed E-state index contributed by atoms with van der Waals surface area (Å²) in [5.41, 5.74) is 6.54. The summed E-state index contributed by atoms with van der Waals surface area (Å²) in [4.78, 5) is 23.0. The van der Waals surface area contributed by atoms with Crippen LogP contribution in [0.3, 0.4) is 0 Å². The van der Waals surface area contributed by atoms with Gasteiger partial charge in [-0.15, -0.1) is 0 Å². The van der Waals surface area contributed by atoms with E-state index in [1.807, 2.05) is 6.07 Å². The van der Waals surface area contributed by atoms with Gasteiger partial charge in [0, 0.05) is 18.8 Å². The van der Waals surface area contributed by atoms with Gasteiger partial charge in [0.2, 0.25) is 11.8 Å². The van der Waals surface area contributed by atoms with Gasteiger partial charge in [0.25, 0.3) is 0 Å². The van der Waals surface area contributed by atoms with Crippen molar-refractivity contribution in [3.05, 3.63) is 29.8 Å². The molecule has 0 saturated carbocycles. The highest BCUT2D eigenvalue weighted by atomic mass is 16.5. The number of hydrogen-bond donors (Lipinski definition) is 3. The van der Waals surface area contributed by atoms with Crippen LogP contribution in [-0.4, -0.2) is 37.6 Å². The number of rotatable bonds is 5. The molecule has 108 valence electrons. The van der Waals surface area contributed by atoms with Gasteiger partial charge >= 0.3 is 0 Å². The third-order valence-electron chi connectivity index (χ3n) is 3.07. The Kier molecular flexibility index (Phi) is 5.09. The first-order valence-corrected chi connectivity index (χ1v) is 6.63. The molecule has 0 aliphatic carbocycles. The lowest BCUT2D eigenvalue weighted by molar-refractivity contribution is -0.120. The maximum atomic E-state index is 12.0. The largest absolute Gasteiger partial charge is 0.375 e. The molecule has 1 heterocycles. The van der Waals surface area contributed by atoms with Crippen LogP contribution in [0.15, 0.2) is 24.3 Å². The number of morpholine rings is 1. The molecule has 1 unspecified atom stereocenters. The van der Waals surface area contributed by atoms with Gasteiger partial charge in [-0.1, -0.05) is 18.2 Å². The molecule has 0 radical (unpaired) electrons. The van der Waals surface area contributed by atoms with Gasteiger partial charge in [0.15, 0.2) is 0 Å². The van der Waals surface area contributed by atoms with E-state index >= 15 is 0 Å². The summed E-state index contributed by atoms with van der Waals surface area (Å²) in [7, 11) is 0. The average Bonchev–Trinajstić information content (AvgIpc) is 2.41. The van der Waals surface area contributed by atoms with Gasteiger partial charge in [-0.3, -0.25) is 9.59 Å². The van der Waals surface area contributed by atoms with Crippen LogP contribution in [0.1, 0.15) is 12.0 Å². The number of para-hydroxylation sites is 1. The lowest BCUT2D eigenvalue weighted by atomic mass is 10.1. The summed E-state index contributed by atoms with van der Waals surface area (Å²) in [6.45, 7) is 2.12. The van der Waals surface area contributed by atoms with Crippen molar-refractivity contribution in [1.29, 1.82) is 0 Å². The normalized spacial score (nSPS) is 18.5. The number of anilines is 1. The zero-order chi connectivity index (χ0) is 14.4. The highest BCUT2D eigenvalue weighted by molar-refractivity contribution is 5.92. The van der Waals surface area contributed by atoms with E-state index in [1.165, 1.54) is 0 Å². The number of carbonyl (C=O) groups excluding carboxylic acids is 2. The third kappa shape index (κ3) is 4.32. The zero-order valence-electron chi connectivity index (χ0n) is 11.2. The summed E-state index contributed by atoms with van der Waals surface area (Å²) in [5, 5.41) is 5.98. The molecule has 1 aliphatic heterocycles. The molecule has 0 bridgehead atoms. The van der Waals surface area contributed by atoms with E-state index in [1.54, 1.807) is 18.2 Å². The van der Waals surface area contributed by atoms with Crippen LogP contribution in [0, 0.1) is 0 Å². The number of nitrogens with one attached hydrogen (secondary N) is 2. The second kappa shape index (κ2) is 7.02. The number of amides is 2. The number of ether oxygens (including phenoxy) is 1. The second-order valence-corrected chi connectivity index (χ2v) is 4.75. The van der Waals surface area contributed by atoms with Gasteiger partial charge in [0.05, 0.1) is 25.6 Å². The van der Waals surface area contributed by atoms with Crippen LogP contribution >= 0.6 is 0 Å². The van der Waals surface area contributed by atoms with Crippen molar-refractivity contribution in [3.8, 4) is 0 Å². The molecule has 6 nitrogen and oxygen atoms in total. The molecule has 4 N–H and O–H groups in total. The molecule has 2 amide bonds. The van der Waals surface area contributed by atoms with E-state index in [9.17, 15) is 9.59 Å². The molecule has 1 aliphatic rings. The smallest absolute Gasteiger partial charge is 0.227 e. The Labute approximate surface area is 117 Å². The Bertz CT molecular complexity index is 484. The fraction of sp³-hybridized carbons (Fsp3) is 0.429. The fourth-order valence-corrected chi connectivity index (χ4v) is 2.14. The minimum absolute atomic E-state index is 0.105. The lowest BCUT2D eigenvalue weighted by Crippen LogP contribution is -2.40. The highest BCUT2D eigenvalue weighted by Gasteiger charge is 2.18. The molecule has 1 fully saturated rings. The van der Waals surface area contributed by atoms with Crippen LogP contribution in [0.4, 0.5) is 5.69 Å². The molecule has 0 spiro atoms. The molecule has 1 saturated heterocycles. The number of benzene rings is 1. The minimum Gasteiger partial charge on any atom is -0.375 e. The topological polar surface area (TPSA) is 93.5 Å². The molecular formula is C14H19N3O3. The second-order valence-electron chi connectivity index (χ2n) is 4.75. The van der Waals surface area contributed by atoms with E-state index < -0.39 is 5.91 Å². The maximum absolute atomic E-state index is 12.0. The van der Waals surface area contributed by atoms with Crippen molar-refractivity contribution in [2.24, 2.45) is 5.73 Å². The fourth-order valence-electron chi connectivity index (χ4n) is 2.14. The van der Waals surface area contributed by atoms with Crippen molar-refractivity contribution in [1.82, 2.24) is 5.32 Å². The van der Waals surface area contributed by atoms with Crippen LogP contribution in [0.5, 0.6) is 0 Å². The molecule has 1 aromatic carbocycles. The van der Waals surface area contributed by atoms with Gasteiger partial charge in [-0.25, -0.2) is 0 Å². The molecule has 1 atom stereocenters. The lowest BCUT2D eigenvalue weighted by Gasteiger charge is -2.23. The first-order chi connectivity index (χ1) is 9.65. The molecule has 6 heteroatoms. The summed E-state index contributed by atoms with van der Waals surface area (Å²) < 4.78 is 5.48. The van der Waals surface area contributed by atoms with Crippen LogP contribution in [0.25, 0.3) is 0 Å². The Morgan fingerprint density at radius 3 is 2.90 bits per heavy atom. The van der Waals surface area contributed by atoms with E-state index in [-0.39, 0.29) is 24.9 Å². The van der Waals surface area contributed by atoms with E-state index in [0.29, 0.717) is 18.8 Å². The summed E-state index contributed by atoms with van der Waals surface area (Å²) in [6, 6.07) is 7.15. The van der Waals surface area contributed by atoms with E-state index in [2.05, 4.69) is 10.6 Å². The molecule has 2 rings (SSSR count). The van der Waals surface area contributed by atoms with Crippen molar-refractivity contribution >= 4 is 17.5 Å². The minimum atomic E-state index is -0.425. The van der Waals surface area contributed by atoms with Gasteiger partial charge in [-0.2, -0.15) is 0 Å². The predicted molar refractivity (Wildman–Crippen MR) is 75.2 cm³/mol. The first kappa shape index (κ1) is 14.5. The monoisotopic (exact) mass is 277 g/mol. The summed E-state index contributed by atoms with van der Waals surface area (Å²) in [5.74, 6) is -0.554. The Balaban J connectivity index is 1.94. The summed E-state index contributed by atoms with van der Waals surface area (Å²) in [6.07, 6.45) is 0.294. The maximum Gasteiger partial charge on any atom is 0.227 e. The standard InChI is InChI=1S/C14H19N3O3/c15-13(18)7-10-3-1-2-4-12(10)17-14(19)8-11-9-16-5-6-20-11/h1-4,11,16H,5-9H2,(H2,15,18)(H,17,19). The van der Waals surface area contributed by atoms with Crippen molar-refractivity contribution in [2.45, 2.75) is 18.9 Å². The molecule has 1 aromatic rings. The predicted octanol–water partition coefficient (Wildman–Crippen LogP) is 0.0314. The zero-order valence-corrected chi connectivity index (χ0v) is 11.2. The van der Waals surface area contributed by atoms with Crippen LogP contribution in [-0.2, 0) is 20.7 Å². The number of carbonyl (C=O) groups is 2. The number of primary amides is 1. The van der Waals surface area contributed by atoms with E-state index in [4.69, 9.17) is 10.5 Å². The van der Waals surface area contributed by atoms with Crippen LogP contribution < -0.4 is 16.4 Å². The van der Waals surface area contributed by atoms with Gasteiger partial charge < -0.3 is 21.1 Å². The third-order valence-corrected chi connectivity index (χ3v) is 3.07. The summed E-state index contributed by atoms with van der Waals surface area (Å²) >= 11 is 0. The SMILES string of the molecule is NC(=O)Cc1ccccc1NC(=O)CC1CNCCO1. The number of nitrogens with two attached hydrogens (primary N) is 1. The van der Waals surface area contributed by atoms with Gasteiger partial charge in [0.1, 0.15) is 0 Å².